The van der Waals surface area contributed by atoms with Crippen LogP contribution in [0.2, 0.25) is 0 Å². The van der Waals surface area contributed by atoms with Crippen LogP contribution in [-0.4, -0.2) is 62.2 Å². The van der Waals surface area contributed by atoms with E-state index in [9.17, 15) is 39.4 Å². The quantitative estimate of drug-likeness (QED) is 0.0883. The number of nitrogens with zero attached hydrogens (tertiary/aromatic N) is 3. The Morgan fingerprint density at radius 3 is 2.13 bits per heavy atom. The van der Waals surface area contributed by atoms with Gasteiger partial charge in [-0.05, 0) is 40.8 Å². The van der Waals surface area contributed by atoms with Crippen molar-refractivity contribution in [2.75, 3.05) is 12.3 Å². The van der Waals surface area contributed by atoms with Gasteiger partial charge in [0.1, 0.15) is 18.9 Å². The molecule has 2 N–H and O–H groups in total. The largest absolute Gasteiger partial charge is 0.456 e. The summed E-state index contributed by atoms with van der Waals surface area (Å²) in [6, 6.07) is 11.0. The third-order valence-electron chi connectivity index (χ3n) is 7.22. The number of β-lactam (4-membered cyclic amide) rings is 1. The number of nitro benzene ring substituents is 2. The van der Waals surface area contributed by atoms with Crippen molar-refractivity contribution >= 4 is 58.8 Å². The van der Waals surface area contributed by atoms with Gasteiger partial charge >= 0.3 is 12.1 Å². The number of alkyl carbamates (subject to hydrolysis) is 1. The van der Waals surface area contributed by atoms with Crippen LogP contribution < -0.4 is 10.6 Å². The summed E-state index contributed by atoms with van der Waals surface area (Å²) in [7, 11) is 0. The van der Waals surface area contributed by atoms with Gasteiger partial charge in [0.05, 0.1) is 21.8 Å². The van der Waals surface area contributed by atoms with Crippen molar-refractivity contribution in [3.63, 3.8) is 0 Å². The summed E-state index contributed by atoms with van der Waals surface area (Å²) < 4.78 is 10.7. The van der Waals surface area contributed by atoms with Crippen LogP contribution in [0.1, 0.15) is 31.4 Å². The maximum atomic E-state index is 13.4. The third-order valence-corrected chi connectivity index (χ3v) is 9.39. The first-order valence-electron chi connectivity index (χ1n) is 14.3. The number of nitrogens with one attached hydrogen (secondary N) is 2. The number of hydrogen-bond donors (Lipinski definition) is 2. The minimum atomic E-state index is -0.704. The van der Waals surface area contributed by atoms with Crippen molar-refractivity contribution in [1.82, 2.24) is 15.5 Å². The molecule has 0 saturated carbocycles. The lowest BCUT2D eigenvalue weighted by Gasteiger charge is -2.46. The third kappa shape index (κ3) is 9.10. The second-order valence-corrected chi connectivity index (χ2v) is 12.9. The molecule has 4 rings (SSSR count). The highest BCUT2D eigenvalue weighted by Crippen LogP contribution is 2.49. The van der Waals surface area contributed by atoms with Crippen LogP contribution in [0, 0.1) is 26.1 Å². The van der Waals surface area contributed by atoms with Crippen molar-refractivity contribution in [3.8, 4) is 0 Å². The normalized spacial score (nSPS) is 17.5. The highest BCUT2D eigenvalue weighted by atomic mass is 32.2. The number of amides is 3. The van der Waals surface area contributed by atoms with Gasteiger partial charge in [-0.1, -0.05) is 18.7 Å². The molecule has 3 atom stereocenters. The number of carbonyl (C=O) groups is 4. The summed E-state index contributed by atoms with van der Waals surface area (Å²) in [6.45, 7) is 3.35. The predicted octanol–water partition coefficient (Wildman–Crippen LogP) is 4.38. The Hall–Kier alpha value is -4.90. The highest BCUT2D eigenvalue weighted by molar-refractivity contribution is 8.05. The number of carbonyl (C=O) groups excluding carboxylic acids is 4. The lowest BCUT2D eigenvalue weighted by molar-refractivity contribution is -0.385. The molecule has 47 heavy (non-hydrogen) atoms. The Labute approximate surface area is 277 Å². The molecule has 17 heteroatoms. The second kappa shape index (κ2) is 16.1. The number of rotatable bonds is 15. The predicted molar refractivity (Wildman–Crippen MR) is 172 cm³/mol. The Morgan fingerprint density at radius 1 is 1.00 bits per heavy atom. The molecule has 1 unspecified atom stereocenters. The van der Waals surface area contributed by atoms with Crippen molar-refractivity contribution in [1.29, 1.82) is 0 Å². The first-order chi connectivity index (χ1) is 22.5. The summed E-state index contributed by atoms with van der Waals surface area (Å²) in [5.41, 5.74) is 1.12. The molecule has 3 amide bonds. The van der Waals surface area contributed by atoms with Gasteiger partial charge in [-0.2, -0.15) is 11.8 Å². The number of ether oxygens (including phenoxy) is 2. The molecule has 248 valence electrons. The Balaban J connectivity index is 1.29. The molecule has 1 fully saturated rings. The number of esters is 1. The van der Waals surface area contributed by atoms with Gasteiger partial charge in [-0.3, -0.25) is 29.8 Å². The summed E-state index contributed by atoms with van der Waals surface area (Å²) in [6.07, 6.45) is 1.20. The van der Waals surface area contributed by atoms with E-state index in [1.165, 1.54) is 90.1 Å². The van der Waals surface area contributed by atoms with E-state index in [4.69, 9.17) is 9.47 Å². The molecule has 15 nitrogen and oxygen atoms in total. The molecule has 0 aliphatic carbocycles. The van der Waals surface area contributed by atoms with Gasteiger partial charge < -0.3 is 25.0 Å². The second-order valence-electron chi connectivity index (χ2n) is 10.4. The smallest absolute Gasteiger partial charge is 0.407 e. The standard InChI is InChI=1S/C30H31N5O10S2/c1-18(46-13-12-32-30(39)45-17-21-5-9-23(10-6-21)35(42)43)26-24-15-25(47-14-11-31-19(2)36)27(33(24)28(26)37)29(38)44-16-20-3-7-22(8-4-20)34(40)41/h3-11,14,18,24,26H,12-13,15-17H2,1-2H3,(H,31,36)(H,32,39)/t18?,24-,26-/m1/s1. The van der Waals surface area contributed by atoms with Crippen molar-refractivity contribution in [2.45, 2.75) is 44.8 Å². The van der Waals surface area contributed by atoms with Crippen LogP contribution in [-0.2, 0) is 37.1 Å². The molecule has 0 bridgehead atoms. The number of nitro groups is 2. The zero-order chi connectivity index (χ0) is 34.1. The molecule has 2 aromatic carbocycles. The van der Waals surface area contributed by atoms with E-state index in [-0.39, 0.29) is 65.9 Å². The highest BCUT2D eigenvalue weighted by Gasteiger charge is 2.57. The van der Waals surface area contributed by atoms with Crippen LogP contribution in [0.3, 0.4) is 0 Å². The molecule has 2 aliphatic rings. The van der Waals surface area contributed by atoms with E-state index in [1.54, 1.807) is 5.41 Å². The van der Waals surface area contributed by atoms with E-state index < -0.39 is 21.9 Å². The lowest BCUT2D eigenvalue weighted by Crippen LogP contribution is -2.61. The fraction of sp³-hybridized carbons (Fsp3) is 0.333. The molecule has 0 aromatic heterocycles. The van der Waals surface area contributed by atoms with Crippen LogP contribution in [0.25, 0.3) is 0 Å². The molecule has 2 aromatic rings. The van der Waals surface area contributed by atoms with Crippen LogP contribution in [0.15, 0.2) is 70.7 Å². The average molecular weight is 686 g/mol. The first-order valence-corrected chi connectivity index (χ1v) is 16.2. The Bertz CT molecular complexity index is 1600. The topological polar surface area (TPSA) is 200 Å². The van der Waals surface area contributed by atoms with Crippen molar-refractivity contribution in [2.24, 2.45) is 5.92 Å². The maximum absolute atomic E-state index is 13.4. The fourth-order valence-corrected chi connectivity index (χ4v) is 6.88. The molecule has 0 radical (unpaired) electrons. The summed E-state index contributed by atoms with van der Waals surface area (Å²) in [5, 5.41) is 28.3. The van der Waals surface area contributed by atoms with E-state index >= 15 is 0 Å². The number of benzene rings is 2. The van der Waals surface area contributed by atoms with Gasteiger partial charge in [0.15, 0.2) is 0 Å². The summed E-state index contributed by atoms with van der Waals surface area (Å²) in [5.74, 6) is -1.09. The SMILES string of the molecule is CC(=O)NC=CSC1=C(C(=O)OCc2ccc([N+](=O)[O-])cc2)N2C(=O)[C@H](C(C)SCCNC(=O)OCc3ccc([N+](=O)[O-])cc3)[C@H]2C1. The molecule has 2 aliphatic heterocycles. The van der Waals surface area contributed by atoms with E-state index in [2.05, 4.69) is 10.6 Å². The van der Waals surface area contributed by atoms with Crippen molar-refractivity contribution < 1.29 is 38.5 Å². The van der Waals surface area contributed by atoms with Gasteiger partial charge in [0.25, 0.3) is 11.4 Å². The van der Waals surface area contributed by atoms with Crippen LogP contribution >= 0.6 is 23.5 Å². The van der Waals surface area contributed by atoms with Gasteiger partial charge in [-0.15, -0.1) is 0 Å². The molecular formula is C30H31N5O10S2. The number of hydrogen-bond acceptors (Lipinski definition) is 12. The minimum absolute atomic E-state index is 0.0482. The molecule has 1 saturated heterocycles. The number of fused-ring (bicyclic) bond motifs is 1. The summed E-state index contributed by atoms with van der Waals surface area (Å²) in [4.78, 5) is 72.6. The molecular weight excluding hydrogens is 654 g/mol. The van der Waals surface area contributed by atoms with E-state index in [0.717, 1.165) is 0 Å². The van der Waals surface area contributed by atoms with E-state index in [0.29, 0.717) is 28.2 Å². The fourth-order valence-electron chi connectivity index (χ4n) is 4.93. The average Bonchev–Trinajstić information content (AvgIpc) is 3.37. The molecule has 0 spiro atoms. The van der Waals surface area contributed by atoms with Gasteiger partial charge in [0, 0.05) is 66.3 Å². The zero-order valence-corrected chi connectivity index (χ0v) is 26.9. The lowest BCUT2D eigenvalue weighted by atomic mass is 9.85. The first kappa shape index (κ1) is 35.0. The van der Waals surface area contributed by atoms with Gasteiger partial charge in [0.2, 0.25) is 11.8 Å². The molecule has 2 heterocycles. The Kier molecular flexibility index (Phi) is 12.0. The van der Waals surface area contributed by atoms with Gasteiger partial charge in [-0.25, -0.2) is 9.59 Å². The van der Waals surface area contributed by atoms with E-state index in [1.807, 2.05) is 6.92 Å². The van der Waals surface area contributed by atoms with Crippen LogP contribution in [0.5, 0.6) is 0 Å². The summed E-state index contributed by atoms with van der Waals surface area (Å²) >= 11 is 2.69. The monoisotopic (exact) mass is 685 g/mol. The minimum Gasteiger partial charge on any atom is -0.456 e. The van der Waals surface area contributed by atoms with Crippen molar-refractivity contribution in [3.05, 3.63) is 102 Å². The van der Waals surface area contributed by atoms with Crippen LogP contribution in [0.4, 0.5) is 16.2 Å². The number of non-ortho nitro benzene ring substituents is 2. The zero-order valence-electron chi connectivity index (χ0n) is 25.3. The maximum Gasteiger partial charge on any atom is 0.407 e. The number of thioether (sulfide) groups is 2. The Morgan fingerprint density at radius 2 is 1.57 bits per heavy atom.